The van der Waals surface area contributed by atoms with Crippen molar-refractivity contribution in [2.45, 2.75) is 26.4 Å². The van der Waals surface area contributed by atoms with Gasteiger partial charge >= 0.3 is 0 Å². The fraction of sp³-hybridized carbons (Fsp3) is 0.318. The summed E-state index contributed by atoms with van der Waals surface area (Å²) in [6, 6.07) is 18.3. The van der Waals surface area contributed by atoms with Crippen LogP contribution >= 0.6 is 0 Å². The summed E-state index contributed by atoms with van der Waals surface area (Å²) in [4.78, 5) is 4.72. The maximum absolute atomic E-state index is 5.21. The van der Waals surface area contributed by atoms with Gasteiger partial charge in [0.25, 0.3) is 0 Å². The van der Waals surface area contributed by atoms with Crippen molar-refractivity contribution in [2.75, 3.05) is 13.7 Å². The summed E-state index contributed by atoms with van der Waals surface area (Å²) in [5.74, 6) is 3.37. The predicted octanol–water partition coefficient (Wildman–Crippen LogP) is 2.61. The topological polar surface area (TPSA) is 76.4 Å². The van der Waals surface area contributed by atoms with E-state index in [1.165, 1.54) is 11.1 Å². The van der Waals surface area contributed by atoms with Crippen molar-refractivity contribution in [3.8, 4) is 5.75 Å². The summed E-state index contributed by atoms with van der Waals surface area (Å²) in [7, 11) is 3.64. The highest BCUT2D eigenvalue weighted by Crippen LogP contribution is 2.11. The lowest BCUT2D eigenvalue weighted by atomic mass is 10.1. The Kier molecular flexibility index (Phi) is 7.22. The Balaban J connectivity index is 1.60. The van der Waals surface area contributed by atoms with E-state index >= 15 is 0 Å². The van der Waals surface area contributed by atoms with Crippen molar-refractivity contribution in [3.63, 3.8) is 0 Å². The third-order valence-corrected chi connectivity index (χ3v) is 4.72. The third-order valence-electron chi connectivity index (χ3n) is 4.72. The number of hydrogen-bond donors (Lipinski definition) is 2. The van der Waals surface area contributed by atoms with Gasteiger partial charge in [0, 0.05) is 13.6 Å². The van der Waals surface area contributed by atoms with Gasteiger partial charge < -0.3 is 19.9 Å². The number of benzene rings is 2. The van der Waals surface area contributed by atoms with Gasteiger partial charge in [-0.15, -0.1) is 10.2 Å². The molecule has 2 aromatic carbocycles. The van der Waals surface area contributed by atoms with Crippen molar-refractivity contribution in [3.05, 3.63) is 77.4 Å². The lowest BCUT2D eigenvalue weighted by molar-refractivity contribution is 0.414. The molecule has 0 atom stereocenters. The molecule has 0 aliphatic heterocycles. The molecular weight excluding hydrogens is 364 g/mol. The zero-order valence-electron chi connectivity index (χ0n) is 17.2. The molecule has 2 N–H and O–H groups in total. The first-order valence-corrected chi connectivity index (χ1v) is 9.69. The molecule has 0 spiro atoms. The number of hydrogen-bond acceptors (Lipinski definition) is 4. The summed E-state index contributed by atoms with van der Waals surface area (Å²) in [6.07, 6.45) is 0.888. The highest BCUT2D eigenvalue weighted by Gasteiger charge is 2.06. The molecule has 3 aromatic rings. The molecule has 0 aliphatic rings. The van der Waals surface area contributed by atoms with E-state index in [4.69, 9.17) is 9.73 Å². The third kappa shape index (κ3) is 6.07. The van der Waals surface area contributed by atoms with Crippen LogP contribution in [0, 0.1) is 6.92 Å². The van der Waals surface area contributed by atoms with Gasteiger partial charge in [0.2, 0.25) is 0 Å². The minimum Gasteiger partial charge on any atom is -0.497 e. The number of rotatable bonds is 8. The molecule has 152 valence electrons. The average molecular weight is 393 g/mol. The standard InChI is InChI=1S/C22H28N6O/c1-17-26-27-21(28(17)2)16-25-22(24-15-19-7-5-4-6-8-19)23-14-13-18-9-11-20(29-3)12-10-18/h4-12H,13-16H2,1-3H3,(H2,23,24,25). The zero-order valence-corrected chi connectivity index (χ0v) is 17.2. The van der Waals surface area contributed by atoms with Gasteiger partial charge in [0.05, 0.1) is 20.2 Å². The fourth-order valence-corrected chi connectivity index (χ4v) is 2.81. The number of methoxy groups -OCH3 is 1. The minimum atomic E-state index is 0.556. The predicted molar refractivity (Wildman–Crippen MR) is 115 cm³/mol. The van der Waals surface area contributed by atoms with Gasteiger partial charge in [-0.25, -0.2) is 4.99 Å². The van der Waals surface area contributed by atoms with Crippen LogP contribution in [0.5, 0.6) is 5.75 Å². The van der Waals surface area contributed by atoms with Crippen LogP contribution in [0.2, 0.25) is 0 Å². The van der Waals surface area contributed by atoms with Gasteiger partial charge in [-0.05, 0) is 36.6 Å². The fourth-order valence-electron chi connectivity index (χ4n) is 2.81. The van der Waals surface area contributed by atoms with Crippen molar-refractivity contribution in [1.29, 1.82) is 0 Å². The Morgan fingerprint density at radius 2 is 1.76 bits per heavy atom. The van der Waals surface area contributed by atoms with E-state index in [2.05, 4.69) is 45.1 Å². The van der Waals surface area contributed by atoms with Crippen LogP contribution in [0.1, 0.15) is 22.8 Å². The van der Waals surface area contributed by atoms with Crippen LogP contribution in [-0.4, -0.2) is 34.4 Å². The number of aromatic nitrogens is 3. The summed E-state index contributed by atoms with van der Waals surface area (Å²) in [5.41, 5.74) is 2.41. The van der Waals surface area contributed by atoms with Gasteiger partial charge in [-0.3, -0.25) is 0 Å². The van der Waals surface area contributed by atoms with Crippen LogP contribution < -0.4 is 15.4 Å². The Morgan fingerprint density at radius 1 is 1.00 bits per heavy atom. The Hall–Kier alpha value is -3.35. The summed E-state index contributed by atoms with van der Waals surface area (Å²) < 4.78 is 7.18. The van der Waals surface area contributed by atoms with Crippen molar-refractivity contribution < 1.29 is 4.74 Å². The number of aliphatic imine (C=N–C) groups is 1. The number of nitrogens with zero attached hydrogens (tertiary/aromatic N) is 4. The van der Waals surface area contributed by atoms with E-state index in [1.807, 2.05) is 48.9 Å². The first kappa shape index (κ1) is 20.4. The Morgan fingerprint density at radius 3 is 2.41 bits per heavy atom. The van der Waals surface area contributed by atoms with Crippen LogP contribution in [0.3, 0.4) is 0 Å². The molecule has 0 radical (unpaired) electrons. The molecular formula is C22H28N6O. The smallest absolute Gasteiger partial charge is 0.191 e. The SMILES string of the molecule is COc1ccc(CCNC(=NCc2ccccc2)NCc2nnc(C)n2C)cc1. The second kappa shape index (κ2) is 10.3. The van der Waals surface area contributed by atoms with Gasteiger partial charge in [0.15, 0.2) is 11.8 Å². The van der Waals surface area contributed by atoms with E-state index in [0.717, 1.165) is 36.3 Å². The van der Waals surface area contributed by atoms with Gasteiger partial charge in [0.1, 0.15) is 11.6 Å². The van der Waals surface area contributed by atoms with E-state index in [-0.39, 0.29) is 0 Å². The lowest BCUT2D eigenvalue weighted by Gasteiger charge is -2.13. The maximum Gasteiger partial charge on any atom is 0.191 e. The minimum absolute atomic E-state index is 0.556. The molecule has 0 saturated carbocycles. The largest absolute Gasteiger partial charge is 0.497 e. The van der Waals surface area contributed by atoms with E-state index in [0.29, 0.717) is 13.1 Å². The molecule has 0 bridgehead atoms. The van der Waals surface area contributed by atoms with Gasteiger partial charge in [-0.1, -0.05) is 42.5 Å². The quantitative estimate of drug-likeness (QED) is 0.455. The first-order chi connectivity index (χ1) is 14.2. The molecule has 0 unspecified atom stereocenters. The molecule has 3 rings (SSSR count). The second-order valence-corrected chi connectivity index (χ2v) is 6.75. The monoisotopic (exact) mass is 392 g/mol. The van der Waals surface area contributed by atoms with Crippen LogP contribution in [0.25, 0.3) is 0 Å². The van der Waals surface area contributed by atoms with E-state index in [9.17, 15) is 0 Å². The lowest BCUT2D eigenvalue weighted by Crippen LogP contribution is -2.38. The van der Waals surface area contributed by atoms with Gasteiger partial charge in [-0.2, -0.15) is 0 Å². The molecule has 7 nitrogen and oxygen atoms in total. The molecule has 0 fully saturated rings. The Bertz CT molecular complexity index is 918. The highest BCUT2D eigenvalue weighted by molar-refractivity contribution is 5.79. The van der Waals surface area contributed by atoms with Crippen LogP contribution in [0.4, 0.5) is 0 Å². The first-order valence-electron chi connectivity index (χ1n) is 9.69. The Labute approximate surface area is 171 Å². The number of aryl methyl sites for hydroxylation is 1. The highest BCUT2D eigenvalue weighted by atomic mass is 16.5. The van der Waals surface area contributed by atoms with Crippen molar-refractivity contribution >= 4 is 5.96 Å². The van der Waals surface area contributed by atoms with Crippen molar-refractivity contribution in [1.82, 2.24) is 25.4 Å². The molecule has 1 heterocycles. The van der Waals surface area contributed by atoms with E-state index in [1.54, 1.807) is 7.11 Å². The summed E-state index contributed by atoms with van der Waals surface area (Å²) in [5, 5.41) is 15.1. The number of nitrogens with one attached hydrogen (secondary N) is 2. The number of ether oxygens (including phenoxy) is 1. The molecule has 0 saturated heterocycles. The summed E-state index contributed by atoms with van der Waals surface area (Å²) >= 11 is 0. The molecule has 29 heavy (non-hydrogen) atoms. The normalized spacial score (nSPS) is 11.3. The zero-order chi connectivity index (χ0) is 20.5. The van der Waals surface area contributed by atoms with Crippen molar-refractivity contribution in [2.24, 2.45) is 12.0 Å². The van der Waals surface area contributed by atoms with Crippen LogP contribution in [-0.2, 0) is 26.6 Å². The molecule has 0 amide bonds. The van der Waals surface area contributed by atoms with E-state index < -0.39 is 0 Å². The molecule has 7 heteroatoms. The number of guanidine groups is 1. The molecule has 1 aromatic heterocycles. The maximum atomic E-state index is 5.21. The second-order valence-electron chi connectivity index (χ2n) is 6.75. The average Bonchev–Trinajstić information content (AvgIpc) is 3.08. The summed E-state index contributed by atoms with van der Waals surface area (Å²) in [6.45, 7) is 3.87. The van der Waals surface area contributed by atoms with Crippen LogP contribution in [0.15, 0.2) is 59.6 Å². The molecule has 0 aliphatic carbocycles.